The Morgan fingerprint density at radius 3 is 2.42 bits per heavy atom. The number of nitrogens with zero attached hydrogens (tertiary/aromatic N) is 1. The van der Waals surface area contributed by atoms with E-state index in [-0.39, 0.29) is 11.5 Å². The quantitative estimate of drug-likeness (QED) is 0.797. The van der Waals surface area contributed by atoms with Gasteiger partial charge in [-0.2, -0.15) is 0 Å². The summed E-state index contributed by atoms with van der Waals surface area (Å²) < 4.78 is 22.6. The van der Waals surface area contributed by atoms with Crippen molar-refractivity contribution < 1.29 is 18.7 Å². The predicted octanol–water partition coefficient (Wildman–Crippen LogP) is 2.68. The Hall–Kier alpha value is -2.43. The number of carbonyl (C=O) groups is 1. The van der Waals surface area contributed by atoms with Gasteiger partial charge in [-0.1, -0.05) is 0 Å². The average Bonchev–Trinajstić information content (AvgIpc) is 2.46. The maximum Gasteiger partial charge on any atom is 0.356 e. The van der Waals surface area contributed by atoms with Crippen LogP contribution in [0.4, 0.5) is 4.39 Å². The normalized spacial score (nSPS) is 10.1. The SMILES string of the molecule is COC(=O)c1cc(OC)cc(-c2ccc(F)cc2)n1. The third-order valence-electron chi connectivity index (χ3n) is 2.57. The Balaban J connectivity index is 2.50. The van der Waals surface area contributed by atoms with E-state index in [4.69, 9.17) is 4.74 Å². The zero-order valence-corrected chi connectivity index (χ0v) is 10.5. The molecule has 0 saturated heterocycles. The molecule has 1 aromatic carbocycles. The highest BCUT2D eigenvalue weighted by molar-refractivity contribution is 5.88. The molecule has 0 saturated carbocycles. The van der Waals surface area contributed by atoms with E-state index in [9.17, 15) is 9.18 Å². The van der Waals surface area contributed by atoms with E-state index in [0.29, 0.717) is 17.0 Å². The zero-order chi connectivity index (χ0) is 13.8. The second-order valence-corrected chi connectivity index (χ2v) is 3.78. The number of halogens is 1. The average molecular weight is 261 g/mol. The fraction of sp³-hybridized carbons (Fsp3) is 0.143. The van der Waals surface area contributed by atoms with E-state index in [1.54, 1.807) is 18.2 Å². The molecule has 0 aliphatic carbocycles. The van der Waals surface area contributed by atoms with Crippen LogP contribution in [0.3, 0.4) is 0 Å². The van der Waals surface area contributed by atoms with Crippen LogP contribution in [0.2, 0.25) is 0 Å². The molecular formula is C14H12FNO3. The molecule has 19 heavy (non-hydrogen) atoms. The molecule has 0 aliphatic heterocycles. The van der Waals surface area contributed by atoms with Gasteiger partial charge in [0.15, 0.2) is 5.69 Å². The summed E-state index contributed by atoms with van der Waals surface area (Å²) in [5.74, 6) is -0.406. The first-order chi connectivity index (χ1) is 9.13. The van der Waals surface area contributed by atoms with Crippen molar-refractivity contribution >= 4 is 5.97 Å². The smallest absolute Gasteiger partial charge is 0.356 e. The van der Waals surface area contributed by atoms with Crippen molar-refractivity contribution in [1.82, 2.24) is 4.98 Å². The summed E-state index contributed by atoms with van der Waals surface area (Å²) in [6, 6.07) is 8.97. The first kappa shape index (κ1) is 13.0. The number of hydrogen-bond acceptors (Lipinski definition) is 4. The molecule has 5 heteroatoms. The van der Waals surface area contributed by atoms with Gasteiger partial charge in [-0.3, -0.25) is 0 Å². The molecule has 4 nitrogen and oxygen atoms in total. The number of benzene rings is 1. The van der Waals surface area contributed by atoms with E-state index in [1.165, 1.54) is 32.4 Å². The maximum absolute atomic E-state index is 12.9. The van der Waals surface area contributed by atoms with Gasteiger partial charge in [-0.25, -0.2) is 14.2 Å². The molecule has 0 amide bonds. The number of methoxy groups -OCH3 is 2. The lowest BCUT2D eigenvalue weighted by molar-refractivity contribution is 0.0593. The van der Waals surface area contributed by atoms with Crippen molar-refractivity contribution in [3.05, 3.63) is 47.9 Å². The summed E-state index contributed by atoms with van der Waals surface area (Å²) in [4.78, 5) is 15.7. The van der Waals surface area contributed by atoms with Crippen molar-refractivity contribution in [2.75, 3.05) is 14.2 Å². The van der Waals surface area contributed by atoms with Crippen LogP contribution in [0, 0.1) is 5.82 Å². The lowest BCUT2D eigenvalue weighted by Crippen LogP contribution is -2.05. The summed E-state index contributed by atoms with van der Waals surface area (Å²) in [7, 11) is 2.77. The molecule has 0 fully saturated rings. The number of rotatable bonds is 3. The van der Waals surface area contributed by atoms with Gasteiger partial charge >= 0.3 is 5.97 Å². The van der Waals surface area contributed by atoms with Crippen molar-refractivity contribution in [3.8, 4) is 17.0 Å². The lowest BCUT2D eigenvalue weighted by Gasteiger charge is -2.07. The second-order valence-electron chi connectivity index (χ2n) is 3.78. The number of ether oxygens (including phenoxy) is 2. The number of pyridine rings is 1. The van der Waals surface area contributed by atoms with Crippen LogP contribution in [-0.4, -0.2) is 25.2 Å². The van der Waals surface area contributed by atoms with Gasteiger partial charge in [-0.15, -0.1) is 0 Å². The van der Waals surface area contributed by atoms with E-state index in [1.807, 2.05) is 0 Å². The van der Waals surface area contributed by atoms with Gasteiger partial charge < -0.3 is 9.47 Å². The van der Waals surface area contributed by atoms with Crippen molar-refractivity contribution in [2.24, 2.45) is 0 Å². The number of hydrogen-bond donors (Lipinski definition) is 0. The standard InChI is InChI=1S/C14H12FNO3/c1-18-11-7-12(9-3-5-10(15)6-4-9)16-13(8-11)14(17)19-2/h3-8H,1-2H3. The van der Waals surface area contributed by atoms with Crippen LogP contribution in [-0.2, 0) is 4.74 Å². The number of carbonyl (C=O) groups excluding carboxylic acids is 1. The molecule has 0 spiro atoms. The second kappa shape index (κ2) is 5.48. The summed E-state index contributed by atoms with van der Waals surface area (Å²) in [5.41, 5.74) is 1.34. The van der Waals surface area contributed by atoms with Crippen LogP contribution >= 0.6 is 0 Å². The van der Waals surface area contributed by atoms with Gasteiger partial charge in [0, 0.05) is 17.7 Å². The van der Waals surface area contributed by atoms with Gasteiger partial charge in [0.1, 0.15) is 11.6 Å². The zero-order valence-electron chi connectivity index (χ0n) is 10.5. The van der Waals surface area contributed by atoms with Crippen molar-refractivity contribution in [3.63, 3.8) is 0 Å². The van der Waals surface area contributed by atoms with E-state index < -0.39 is 5.97 Å². The summed E-state index contributed by atoms with van der Waals surface area (Å²) in [5, 5.41) is 0. The van der Waals surface area contributed by atoms with Crippen molar-refractivity contribution in [2.45, 2.75) is 0 Å². The molecule has 2 rings (SSSR count). The van der Waals surface area contributed by atoms with Gasteiger partial charge in [0.25, 0.3) is 0 Å². The summed E-state index contributed by atoms with van der Waals surface area (Å²) >= 11 is 0. The first-order valence-corrected chi connectivity index (χ1v) is 5.54. The highest BCUT2D eigenvalue weighted by Crippen LogP contribution is 2.23. The van der Waals surface area contributed by atoms with Gasteiger partial charge in [0.2, 0.25) is 0 Å². The molecule has 2 aromatic rings. The van der Waals surface area contributed by atoms with Crippen LogP contribution < -0.4 is 4.74 Å². The monoisotopic (exact) mass is 261 g/mol. The van der Waals surface area contributed by atoms with Crippen molar-refractivity contribution in [1.29, 1.82) is 0 Å². The van der Waals surface area contributed by atoms with Crippen LogP contribution in [0.15, 0.2) is 36.4 Å². The Kier molecular flexibility index (Phi) is 3.75. The Bertz CT molecular complexity index is 596. The molecule has 0 radical (unpaired) electrons. The fourth-order valence-corrected chi connectivity index (χ4v) is 1.60. The van der Waals surface area contributed by atoms with Crippen LogP contribution in [0.5, 0.6) is 5.75 Å². The molecule has 1 aromatic heterocycles. The molecule has 0 N–H and O–H groups in total. The molecule has 98 valence electrons. The molecule has 0 atom stereocenters. The predicted molar refractivity (Wildman–Crippen MR) is 67.5 cm³/mol. The van der Waals surface area contributed by atoms with Crippen LogP contribution in [0.1, 0.15) is 10.5 Å². The highest BCUT2D eigenvalue weighted by atomic mass is 19.1. The minimum atomic E-state index is -0.553. The van der Waals surface area contributed by atoms with Gasteiger partial charge in [0.05, 0.1) is 19.9 Å². The summed E-state index contributed by atoms with van der Waals surface area (Å²) in [6.45, 7) is 0. The Morgan fingerprint density at radius 1 is 1.16 bits per heavy atom. The number of aromatic nitrogens is 1. The topological polar surface area (TPSA) is 48.4 Å². The third-order valence-corrected chi connectivity index (χ3v) is 2.57. The molecule has 0 aliphatic rings. The Labute approximate surface area is 109 Å². The van der Waals surface area contributed by atoms with E-state index in [0.717, 1.165) is 0 Å². The minimum Gasteiger partial charge on any atom is -0.497 e. The Morgan fingerprint density at radius 2 is 1.84 bits per heavy atom. The molecule has 0 unspecified atom stereocenters. The van der Waals surface area contributed by atoms with E-state index >= 15 is 0 Å². The van der Waals surface area contributed by atoms with E-state index in [2.05, 4.69) is 9.72 Å². The maximum atomic E-state index is 12.9. The fourth-order valence-electron chi connectivity index (χ4n) is 1.60. The minimum absolute atomic E-state index is 0.140. The first-order valence-electron chi connectivity index (χ1n) is 5.54. The molecular weight excluding hydrogens is 249 g/mol. The van der Waals surface area contributed by atoms with Crippen LogP contribution in [0.25, 0.3) is 11.3 Å². The molecule has 1 heterocycles. The number of esters is 1. The summed E-state index contributed by atoms with van der Waals surface area (Å²) in [6.07, 6.45) is 0. The molecule has 0 bridgehead atoms. The lowest BCUT2D eigenvalue weighted by atomic mass is 10.1. The highest BCUT2D eigenvalue weighted by Gasteiger charge is 2.12. The largest absolute Gasteiger partial charge is 0.497 e. The third kappa shape index (κ3) is 2.88. The van der Waals surface area contributed by atoms with Gasteiger partial charge in [-0.05, 0) is 24.3 Å².